The first-order valence-electron chi connectivity index (χ1n) is 4.65. The van der Waals surface area contributed by atoms with Crippen molar-refractivity contribution in [2.24, 2.45) is 5.73 Å². The van der Waals surface area contributed by atoms with Crippen molar-refractivity contribution in [1.29, 1.82) is 0 Å². The monoisotopic (exact) mass is 257 g/mol. The molecular weight excluding hydrogens is 246 g/mol. The summed E-state index contributed by atoms with van der Waals surface area (Å²) >= 11 is 5.92. The van der Waals surface area contributed by atoms with Gasteiger partial charge in [0.15, 0.2) is 0 Å². The van der Waals surface area contributed by atoms with E-state index in [2.05, 4.69) is 10.1 Å². The molecule has 1 rings (SSSR count). The number of halogens is 1. The van der Waals surface area contributed by atoms with E-state index < -0.39 is 11.9 Å². The van der Waals surface area contributed by atoms with Crippen LogP contribution in [-0.2, 0) is 9.53 Å². The largest absolute Gasteiger partial charge is 0.465 e. The number of carbonyl (C=O) groups is 2. The maximum atomic E-state index is 11.5. The van der Waals surface area contributed by atoms with Crippen LogP contribution in [0.15, 0.2) is 12.1 Å². The SMILES string of the molecule is COC(=O)c1cc(N)cc(Cl)c1NCC(N)=O. The van der Waals surface area contributed by atoms with Crippen molar-refractivity contribution in [3.63, 3.8) is 0 Å². The van der Waals surface area contributed by atoms with Crippen LogP contribution >= 0.6 is 11.6 Å². The van der Waals surface area contributed by atoms with Crippen molar-refractivity contribution in [2.45, 2.75) is 0 Å². The van der Waals surface area contributed by atoms with E-state index in [1.54, 1.807) is 0 Å². The van der Waals surface area contributed by atoms with Crippen molar-refractivity contribution in [3.8, 4) is 0 Å². The number of nitrogen functional groups attached to an aromatic ring is 1. The van der Waals surface area contributed by atoms with Gasteiger partial charge in [-0.2, -0.15) is 0 Å². The third-order valence-corrected chi connectivity index (χ3v) is 2.26. The first kappa shape index (κ1) is 13.1. The maximum absolute atomic E-state index is 11.5. The van der Waals surface area contributed by atoms with E-state index in [1.807, 2.05) is 0 Å². The second-order valence-corrected chi connectivity index (χ2v) is 3.64. The fraction of sp³-hybridized carbons (Fsp3) is 0.200. The number of anilines is 2. The van der Waals surface area contributed by atoms with Crippen LogP contribution in [0.3, 0.4) is 0 Å². The minimum absolute atomic E-state index is 0.145. The number of esters is 1. The zero-order valence-electron chi connectivity index (χ0n) is 9.12. The van der Waals surface area contributed by atoms with Gasteiger partial charge in [0.1, 0.15) is 0 Å². The molecule has 92 valence electrons. The van der Waals surface area contributed by atoms with Gasteiger partial charge in [0.25, 0.3) is 0 Å². The fourth-order valence-corrected chi connectivity index (χ4v) is 1.55. The molecule has 0 unspecified atom stereocenters. The molecule has 0 aromatic heterocycles. The van der Waals surface area contributed by atoms with Crippen LogP contribution in [0, 0.1) is 0 Å². The zero-order valence-corrected chi connectivity index (χ0v) is 9.88. The second-order valence-electron chi connectivity index (χ2n) is 3.24. The van der Waals surface area contributed by atoms with Crippen LogP contribution in [0.5, 0.6) is 0 Å². The normalized spacial score (nSPS) is 9.76. The summed E-state index contributed by atoms with van der Waals surface area (Å²) in [6.07, 6.45) is 0. The van der Waals surface area contributed by atoms with Crippen LogP contribution in [0.2, 0.25) is 5.02 Å². The quantitative estimate of drug-likeness (QED) is 0.541. The summed E-state index contributed by atoms with van der Waals surface area (Å²) in [5, 5.41) is 2.88. The lowest BCUT2D eigenvalue weighted by Gasteiger charge is -2.12. The lowest BCUT2D eigenvalue weighted by molar-refractivity contribution is -0.116. The average molecular weight is 258 g/mol. The van der Waals surface area contributed by atoms with Crippen molar-refractivity contribution >= 4 is 34.9 Å². The van der Waals surface area contributed by atoms with E-state index >= 15 is 0 Å². The summed E-state index contributed by atoms with van der Waals surface area (Å²) in [7, 11) is 1.23. The van der Waals surface area contributed by atoms with Crippen molar-refractivity contribution in [2.75, 3.05) is 24.7 Å². The fourth-order valence-electron chi connectivity index (χ4n) is 1.25. The highest BCUT2D eigenvalue weighted by atomic mass is 35.5. The number of methoxy groups -OCH3 is 1. The van der Waals surface area contributed by atoms with Gasteiger partial charge in [-0.1, -0.05) is 11.6 Å². The maximum Gasteiger partial charge on any atom is 0.340 e. The molecule has 1 aromatic carbocycles. The first-order chi connectivity index (χ1) is 7.95. The Hall–Kier alpha value is -1.95. The van der Waals surface area contributed by atoms with E-state index in [0.717, 1.165) is 0 Å². The molecular formula is C10H12ClN3O3. The summed E-state index contributed by atoms with van der Waals surface area (Å²) in [5.74, 6) is -1.18. The molecule has 7 heteroatoms. The molecule has 0 saturated carbocycles. The third kappa shape index (κ3) is 3.25. The predicted octanol–water partition coefficient (Wildman–Crippen LogP) is 0.606. The molecule has 0 saturated heterocycles. The number of rotatable bonds is 4. The van der Waals surface area contributed by atoms with Crippen LogP contribution in [0.25, 0.3) is 0 Å². The number of carbonyl (C=O) groups excluding carboxylic acids is 2. The zero-order chi connectivity index (χ0) is 13.0. The smallest absolute Gasteiger partial charge is 0.340 e. The first-order valence-corrected chi connectivity index (χ1v) is 5.03. The van der Waals surface area contributed by atoms with E-state index in [1.165, 1.54) is 19.2 Å². The Morgan fingerprint density at radius 2 is 2.12 bits per heavy atom. The molecule has 5 N–H and O–H groups in total. The molecule has 0 bridgehead atoms. The lowest BCUT2D eigenvalue weighted by atomic mass is 10.1. The lowest BCUT2D eigenvalue weighted by Crippen LogP contribution is -2.23. The number of ether oxygens (including phenoxy) is 1. The second kappa shape index (κ2) is 5.40. The van der Waals surface area contributed by atoms with Crippen molar-refractivity contribution < 1.29 is 14.3 Å². The molecule has 0 spiro atoms. The number of primary amides is 1. The van der Waals surface area contributed by atoms with Gasteiger partial charge in [0.2, 0.25) is 5.91 Å². The van der Waals surface area contributed by atoms with Crippen LogP contribution in [0.4, 0.5) is 11.4 Å². The summed E-state index contributed by atoms with van der Waals surface area (Å²) in [6.45, 7) is -0.145. The highest BCUT2D eigenvalue weighted by molar-refractivity contribution is 6.34. The van der Waals surface area contributed by atoms with Crippen LogP contribution in [-0.4, -0.2) is 25.5 Å². The Labute approximate surface area is 103 Å². The van der Waals surface area contributed by atoms with Gasteiger partial charge < -0.3 is 21.5 Å². The Morgan fingerprint density at radius 3 is 2.65 bits per heavy atom. The van der Waals surface area contributed by atoms with Gasteiger partial charge in [0.05, 0.1) is 29.9 Å². The predicted molar refractivity (Wildman–Crippen MR) is 64.9 cm³/mol. The number of amides is 1. The van der Waals surface area contributed by atoms with Gasteiger partial charge in [0, 0.05) is 5.69 Å². The van der Waals surface area contributed by atoms with Crippen molar-refractivity contribution in [3.05, 3.63) is 22.7 Å². The molecule has 0 aliphatic heterocycles. The molecule has 0 aliphatic carbocycles. The molecule has 17 heavy (non-hydrogen) atoms. The van der Waals surface area contributed by atoms with Crippen LogP contribution < -0.4 is 16.8 Å². The summed E-state index contributed by atoms with van der Waals surface area (Å²) < 4.78 is 4.58. The number of nitrogens with one attached hydrogen (secondary N) is 1. The minimum atomic E-state index is -0.605. The minimum Gasteiger partial charge on any atom is -0.465 e. The highest BCUT2D eigenvalue weighted by Crippen LogP contribution is 2.29. The molecule has 0 aliphatic rings. The van der Waals surface area contributed by atoms with Gasteiger partial charge in [-0.05, 0) is 12.1 Å². The summed E-state index contributed by atoms with van der Waals surface area (Å²) in [4.78, 5) is 22.2. The van der Waals surface area contributed by atoms with Gasteiger partial charge >= 0.3 is 5.97 Å². The molecule has 0 heterocycles. The molecule has 1 amide bonds. The van der Waals surface area contributed by atoms with E-state index in [9.17, 15) is 9.59 Å². The Bertz CT molecular complexity index is 462. The number of nitrogens with two attached hydrogens (primary N) is 2. The van der Waals surface area contributed by atoms with Crippen LogP contribution in [0.1, 0.15) is 10.4 Å². The summed E-state index contributed by atoms with van der Waals surface area (Å²) in [6, 6.07) is 2.86. The topological polar surface area (TPSA) is 107 Å². The average Bonchev–Trinajstić information content (AvgIpc) is 2.25. The van der Waals surface area contributed by atoms with E-state index in [-0.39, 0.29) is 22.8 Å². The Balaban J connectivity index is 3.15. The third-order valence-electron chi connectivity index (χ3n) is 1.96. The molecule has 0 fully saturated rings. The van der Waals surface area contributed by atoms with E-state index in [4.69, 9.17) is 23.1 Å². The summed E-state index contributed by atoms with van der Waals surface area (Å²) in [5.41, 5.74) is 11.3. The van der Waals surface area contributed by atoms with E-state index in [0.29, 0.717) is 5.69 Å². The van der Waals surface area contributed by atoms with Gasteiger partial charge in [-0.15, -0.1) is 0 Å². The number of benzene rings is 1. The highest BCUT2D eigenvalue weighted by Gasteiger charge is 2.16. The Kier molecular flexibility index (Phi) is 4.17. The van der Waals surface area contributed by atoms with Gasteiger partial charge in [-0.3, -0.25) is 4.79 Å². The molecule has 1 aromatic rings. The Morgan fingerprint density at radius 1 is 1.47 bits per heavy atom. The molecule has 0 radical (unpaired) electrons. The van der Waals surface area contributed by atoms with Gasteiger partial charge in [-0.25, -0.2) is 4.79 Å². The molecule has 0 atom stereocenters. The van der Waals surface area contributed by atoms with Crippen molar-refractivity contribution in [1.82, 2.24) is 0 Å². The standard InChI is InChI=1S/C10H12ClN3O3/c1-17-10(16)6-2-5(12)3-7(11)9(6)14-4-8(13)15/h2-3,14H,4,12H2,1H3,(H2,13,15). The number of hydrogen-bond donors (Lipinski definition) is 3. The number of hydrogen-bond acceptors (Lipinski definition) is 5. The molecule has 6 nitrogen and oxygen atoms in total.